The summed E-state index contributed by atoms with van der Waals surface area (Å²) < 4.78 is 1.92. The molecule has 0 aliphatic heterocycles. The molecule has 0 radical (unpaired) electrons. The SMILES string of the molecule is CSC(=NC=[N+](C)C)Nc1c(C)cccc1C. The molecule has 0 bridgehead atoms. The lowest BCUT2D eigenvalue weighted by molar-refractivity contribution is -0.460. The van der Waals surface area contributed by atoms with Gasteiger partial charge in [0.1, 0.15) is 0 Å². The van der Waals surface area contributed by atoms with Crippen molar-refractivity contribution in [2.24, 2.45) is 4.99 Å². The van der Waals surface area contributed by atoms with Crippen molar-refractivity contribution in [3.05, 3.63) is 29.3 Å². The van der Waals surface area contributed by atoms with Crippen LogP contribution in [-0.4, -0.2) is 36.4 Å². The van der Waals surface area contributed by atoms with Gasteiger partial charge in [-0.2, -0.15) is 0 Å². The molecule has 0 saturated carbocycles. The first-order chi connectivity index (χ1) is 8.04. The smallest absolute Gasteiger partial charge is 0.284 e. The maximum Gasteiger partial charge on any atom is 0.284 e. The first-order valence-electron chi connectivity index (χ1n) is 5.49. The number of hydrogen-bond donors (Lipinski definition) is 1. The van der Waals surface area contributed by atoms with E-state index in [0.29, 0.717) is 0 Å². The Bertz CT molecular complexity index is 426. The van der Waals surface area contributed by atoms with Crippen molar-refractivity contribution in [3.8, 4) is 0 Å². The van der Waals surface area contributed by atoms with E-state index in [4.69, 9.17) is 0 Å². The molecule has 1 aromatic rings. The fraction of sp³-hybridized carbons (Fsp3) is 0.385. The van der Waals surface area contributed by atoms with E-state index < -0.39 is 0 Å². The van der Waals surface area contributed by atoms with Crippen LogP contribution in [0.15, 0.2) is 23.2 Å². The van der Waals surface area contributed by atoms with Gasteiger partial charge in [0.2, 0.25) is 0 Å². The Labute approximate surface area is 108 Å². The van der Waals surface area contributed by atoms with Gasteiger partial charge in [0.05, 0.1) is 14.1 Å². The maximum atomic E-state index is 4.39. The summed E-state index contributed by atoms with van der Waals surface area (Å²) in [6.45, 7) is 4.20. The van der Waals surface area contributed by atoms with Gasteiger partial charge < -0.3 is 5.32 Å². The average molecular weight is 250 g/mol. The van der Waals surface area contributed by atoms with Crippen LogP contribution < -0.4 is 5.32 Å². The third kappa shape index (κ3) is 4.23. The van der Waals surface area contributed by atoms with Gasteiger partial charge in [0.15, 0.2) is 0 Å². The highest BCUT2D eigenvalue weighted by Crippen LogP contribution is 2.20. The largest absolute Gasteiger partial charge is 0.313 e. The molecule has 0 fully saturated rings. The normalized spacial score (nSPS) is 11.2. The highest BCUT2D eigenvalue weighted by molar-refractivity contribution is 8.13. The summed E-state index contributed by atoms with van der Waals surface area (Å²) in [5.41, 5.74) is 3.61. The number of nitrogens with one attached hydrogen (secondary N) is 1. The minimum atomic E-state index is 0.899. The fourth-order valence-electron chi connectivity index (χ4n) is 1.42. The zero-order chi connectivity index (χ0) is 12.8. The Hall–Kier alpha value is -1.29. The van der Waals surface area contributed by atoms with Crippen LogP contribution in [0.2, 0.25) is 0 Å². The molecule has 1 N–H and O–H groups in total. The highest BCUT2D eigenvalue weighted by Gasteiger charge is 2.07. The standard InChI is InChI=1S/C13H19N3S/c1-10-7-6-8-11(2)12(10)15-13(17-5)14-9-16(3)4/h6-9H,1-5H3/p+1. The van der Waals surface area contributed by atoms with E-state index in [2.05, 4.69) is 42.4 Å². The van der Waals surface area contributed by atoms with Crippen LogP contribution in [0.5, 0.6) is 0 Å². The number of nitrogens with zero attached hydrogens (tertiary/aromatic N) is 2. The van der Waals surface area contributed by atoms with Crippen molar-refractivity contribution in [2.45, 2.75) is 13.8 Å². The third-order valence-corrected chi connectivity index (χ3v) is 2.91. The van der Waals surface area contributed by atoms with Crippen molar-refractivity contribution in [3.63, 3.8) is 0 Å². The van der Waals surface area contributed by atoms with Gasteiger partial charge >= 0.3 is 0 Å². The molecule has 0 spiro atoms. The molecule has 17 heavy (non-hydrogen) atoms. The summed E-state index contributed by atoms with van der Waals surface area (Å²) in [7, 11) is 3.92. The number of thioether (sulfide) groups is 1. The number of para-hydroxylation sites is 1. The minimum absolute atomic E-state index is 0.899. The molecule has 0 atom stereocenters. The Morgan fingerprint density at radius 3 is 2.35 bits per heavy atom. The summed E-state index contributed by atoms with van der Waals surface area (Å²) in [5.74, 6) is 0. The molecule has 4 heteroatoms. The second kappa shape index (κ2) is 6.45. The highest BCUT2D eigenvalue weighted by atomic mass is 32.2. The molecule has 0 aromatic heterocycles. The van der Waals surface area contributed by atoms with Gasteiger partial charge in [0.25, 0.3) is 11.5 Å². The first-order valence-corrected chi connectivity index (χ1v) is 6.72. The molecule has 0 aliphatic rings. The van der Waals surface area contributed by atoms with Gasteiger partial charge in [0, 0.05) is 5.69 Å². The topological polar surface area (TPSA) is 27.4 Å². The van der Waals surface area contributed by atoms with Gasteiger partial charge in [-0.25, -0.2) is 0 Å². The zero-order valence-electron chi connectivity index (χ0n) is 11.1. The number of rotatable bonds is 2. The molecule has 3 nitrogen and oxygen atoms in total. The second-order valence-corrected chi connectivity index (χ2v) is 4.90. The number of benzene rings is 1. The Morgan fingerprint density at radius 2 is 1.88 bits per heavy atom. The number of aliphatic imine (C=N–C) groups is 1. The lowest BCUT2D eigenvalue weighted by Gasteiger charge is -2.10. The van der Waals surface area contributed by atoms with Crippen LogP contribution in [0.4, 0.5) is 5.69 Å². The Balaban J connectivity index is 2.96. The lowest BCUT2D eigenvalue weighted by Crippen LogP contribution is -2.11. The summed E-state index contributed by atoms with van der Waals surface area (Å²) in [4.78, 5) is 4.39. The van der Waals surface area contributed by atoms with Crippen LogP contribution in [0.3, 0.4) is 0 Å². The Morgan fingerprint density at radius 1 is 1.29 bits per heavy atom. The summed E-state index contributed by atoms with van der Waals surface area (Å²) in [6.07, 6.45) is 3.81. The van der Waals surface area contributed by atoms with Crippen molar-refractivity contribution >= 4 is 29.0 Å². The van der Waals surface area contributed by atoms with Crippen LogP contribution >= 0.6 is 11.8 Å². The van der Waals surface area contributed by atoms with E-state index in [-0.39, 0.29) is 0 Å². The monoisotopic (exact) mass is 250 g/mol. The van der Waals surface area contributed by atoms with Crippen molar-refractivity contribution in [2.75, 3.05) is 25.7 Å². The van der Waals surface area contributed by atoms with Crippen LogP contribution in [0.1, 0.15) is 11.1 Å². The van der Waals surface area contributed by atoms with Gasteiger partial charge in [-0.1, -0.05) is 30.0 Å². The zero-order valence-corrected chi connectivity index (χ0v) is 11.9. The summed E-state index contributed by atoms with van der Waals surface area (Å²) in [5, 5.41) is 4.27. The van der Waals surface area contributed by atoms with E-state index in [1.54, 1.807) is 18.1 Å². The molecule has 0 aliphatic carbocycles. The van der Waals surface area contributed by atoms with Gasteiger partial charge in [-0.05, 0) is 36.2 Å². The number of anilines is 1. The van der Waals surface area contributed by atoms with E-state index in [1.165, 1.54) is 11.1 Å². The molecule has 1 rings (SSSR count). The second-order valence-electron chi connectivity index (χ2n) is 4.11. The molecular formula is C13H20N3S+. The van der Waals surface area contributed by atoms with Crippen molar-refractivity contribution in [1.29, 1.82) is 0 Å². The van der Waals surface area contributed by atoms with Crippen molar-refractivity contribution < 1.29 is 4.58 Å². The third-order valence-electron chi connectivity index (χ3n) is 2.31. The number of hydrogen-bond acceptors (Lipinski definition) is 1. The van der Waals surface area contributed by atoms with Crippen molar-refractivity contribution in [1.82, 2.24) is 0 Å². The predicted molar refractivity (Wildman–Crippen MR) is 78.7 cm³/mol. The van der Waals surface area contributed by atoms with Crippen LogP contribution in [-0.2, 0) is 0 Å². The molecule has 0 amide bonds. The van der Waals surface area contributed by atoms with E-state index >= 15 is 0 Å². The molecule has 0 saturated heterocycles. The van der Waals surface area contributed by atoms with Crippen LogP contribution in [0.25, 0.3) is 0 Å². The minimum Gasteiger partial charge on any atom is -0.313 e. The average Bonchev–Trinajstić information content (AvgIpc) is 2.27. The predicted octanol–water partition coefficient (Wildman–Crippen LogP) is 2.73. The molecule has 0 unspecified atom stereocenters. The summed E-state index contributed by atoms with van der Waals surface area (Å²) in [6, 6.07) is 6.27. The first kappa shape index (κ1) is 13.8. The van der Waals surface area contributed by atoms with Crippen LogP contribution in [0, 0.1) is 13.8 Å². The maximum absolute atomic E-state index is 4.39. The molecule has 1 aromatic carbocycles. The Kier molecular flexibility index (Phi) is 5.22. The quantitative estimate of drug-likeness (QED) is 0.496. The number of amidine groups is 1. The molecular weight excluding hydrogens is 230 g/mol. The van der Waals surface area contributed by atoms with Gasteiger partial charge in [-0.3, -0.25) is 4.58 Å². The number of aryl methyl sites for hydroxylation is 2. The van der Waals surface area contributed by atoms with Gasteiger partial charge in [-0.15, -0.1) is 0 Å². The van der Waals surface area contributed by atoms with E-state index in [1.807, 2.05) is 24.9 Å². The fourth-order valence-corrected chi connectivity index (χ4v) is 1.78. The molecule has 92 valence electrons. The molecule has 0 heterocycles. The lowest BCUT2D eigenvalue weighted by atomic mass is 10.1. The van der Waals surface area contributed by atoms with E-state index in [9.17, 15) is 0 Å². The van der Waals surface area contributed by atoms with E-state index in [0.717, 1.165) is 10.9 Å². The summed E-state index contributed by atoms with van der Waals surface area (Å²) >= 11 is 1.61.